The van der Waals surface area contributed by atoms with Crippen molar-refractivity contribution in [2.45, 2.75) is 51.5 Å². The number of rotatable bonds is 3. The van der Waals surface area contributed by atoms with E-state index in [1.165, 1.54) is 44.6 Å². The van der Waals surface area contributed by atoms with Crippen molar-refractivity contribution in [3.8, 4) is 0 Å². The van der Waals surface area contributed by atoms with Gasteiger partial charge in [0.15, 0.2) is 0 Å². The summed E-state index contributed by atoms with van der Waals surface area (Å²) >= 11 is 0. The summed E-state index contributed by atoms with van der Waals surface area (Å²) < 4.78 is 13.1. The Morgan fingerprint density at radius 1 is 1.24 bits per heavy atom. The summed E-state index contributed by atoms with van der Waals surface area (Å²) in [6, 6.07) is 7.32. The number of halogens is 1. The molecule has 0 amide bonds. The number of nitrogens with one attached hydrogen (secondary N) is 1. The predicted octanol–water partition coefficient (Wildman–Crippen LogP) is 4.60. The lowest BCUT2D eigenvalue weighted by molar-refractivity contribution is 0.444. The van der Waals surface area contributed by atoms with Gasteiger partial charge < -0.3 is 5.32 Å². The molecule has 17 heavy (non-hydrogen) atoms. The second kappa shape index (κ2) is 6.04. The van der Waals surface area contributed by atoms with Crippen LogP contribution in [-0.4, -0.2) is 6.04 Å². The standard InChI is InChI=1S/C15H22FN/c1-2-12-5-3-7-14(10-9-12)17-15-8-4-6-13(16)11-15/h4,6,8,11-12,14,17H,2-3,5,7,9-10H2,1H3. The molecular formula is C15H22FN. The van der Waals surface area contributed by atoms with E-state index in [2.05, 4.69) is 12.2 Å². The predicted molar refractivity (Wildman–Crippen MR) is 70.7 cm³/mol. The summed E-state index contributed by atoms with van der Waals surface area (Å²) in [5.41, 5.74) is 0.921. The zero-order valence-electron chi connectivity index (χ0n) is 10.6. The molecule has 0 bridgehead atoms. The topological polar surface area (TPSA) is 12.0 Å². The van der Waals surface area contributed by atoms with Crippen LogP contribution in [0.3, 0.4) is 0 Å². The van der Waals surface area contributed by atoms with E-state index in [1.807, 2.05) is 6.07 Å². The van der Waals surface area contributed by atoms with Crippen molar-refractivity contribution in [1.29, 1.82) is 0 Å². The maximum absolute atomic E-state index is 13.1. The Labute approximate surface area is 103 Å². The van der Waals surface area contributed by atoms with Gasteiger partial charge in [-0.3, -0.25) is 0 Å². The monoisotopic (exact) mass is 235 g/mol. The van der Waals surface area contributed by atoms with Gasteiger partial charge in [-0.2, -0.15) is 0 Å². The van der Waals surface area contributed by atoms with Gasteiger partial charge in [-0.05, 0) is 43.4 Å². The van der Waals surface area contributed by atoms with Gasteiger partial charge in [0.25, 0.3) is 0 Å². The van der Waals surface area contributed by atoms with Crippen LogP contribution in [0.15, 0.2) is 24.3 Å². The molecule has 0 saturated heterocycles. The maximum atomic E-state index is 13.1. The van der Waals surface area contributed by atoms with Gasteiger partial charge in [-0.15, -0.1) is 0 Å². The van der Waals surface area contributed by atoms with Crippen molar-refractivity contribution in [1.82, 2.24) is 0 Å². The van der Waals surface area contributed by atoms with Crippen molar-refractivity contribution in [2.24, 2.45) is 5.92 Å². The van der Waals surface area contributed by atoms with Crippen molar-refractivity contribution < 1.29 is 4.39 Å². The third-order valence-electron chi connectivity index (χ3n) is 3.86. The van der Waals surface area contributed by atoms with E-state index in [9.17, 15) is 4.39 Å². The molecule has 1 nitrogen and oxygen atoms in total. The average Bonchev–Trinajstić information content (AvgIpc) is 2.54. The van der Waals surface area contributed by atoms with Gasteiger partial charge in [-0.25, -0.2) is 4.39 Å². The lowest BCUT2D eigenvalue weighted by Gasteiger charge is -2.18. The van der Waals surface area contributed by atoms with Crippen LogP contribution < -0.4 is 5.32 Å². The van der Waals surface area contributed by atoms with Gasteiger partial charge >= 0.3 is 0 Å². The average molecular weight is 235 g/mol. The maximum Gasteiger partial charge on any atom is 0.125 e. The minimum Gasteiger partial charge on any atom is -0.382 e. The van der Waals surface area contributed by atoms with E-state index in [1.54, 1.807) is 12.1 Å². The fraction of sp³-hybridized carbons (Fsp3) is 0.600. The van der Waals surface area contributed by atoms with Crippen LogP contribution in [0.5, 0.6) is 0 Å². The number of anilines is 1. The zero-order valence-corrected chi connectivity index (χ0v) is 10.6. The highest BCUT2D eigenvalue weighted by Gasteiger charge is 2.17. The van der Waals surface area contributed by atoms with Crippen molar-refractivity contribution in [2.75, 3.05) is 5.32 Å². The lowest BCUT2D eigenvalue weighted by Crippen LogP contribution is -2.18. The first-order chi connectivity index (χ1) is 8.28. The highest BCUT2D eigenvalue weighted by atomic mass is 19.1. The molecular weight excluding hydrogens is 213 g/mol. The van der Waals surface area contributed by atoms with E-state index in [0.717, 1.165) is 11.6 Å². The first-order valence-electron chi connectivity index (χ1n) is 6.80. The molecule has 0 aromatic heterocycles. The van der Waals surface area contributed by atoms with E-state index in [0.29, 0.717) is 6.04 Å². The molecule has 1 aliphatic rings. The molecule has 1 aromatic carbocycles. The molecule has 2 heteroatoms. The summed E-state index contributed by atoms with van der Waals surface area (Å²) in [6.07, 6.45) is 7.70. The first kappa shape index (κ1) is 12.4. The fourth-order valence-electron chi connectivity index (χ4n) is 2.75. The molecule has 2 rings (SSSR count). The Hall–Kier alpha value is -1.05. The summed E-state index contributed by atoms with van der Waals surface area (Å²) in [5.74, 6) is 0.740. The van der Waals surface area contributed by atoms with Crippen LogP contribution in [0.1, 0.15) is 45.4 Å². The quantitative estimate of drug-likeness (QED) is 0.755. The molecule has 1 N–H and O–H groups in total. The van der Waals surface area contributed by atoms with E-state index in [-0.39, 0.29) is 5.82 Å². The Morgan fingerprint density at radius 2 is 2.12 bits per heavy atom. The van der Waals surface area contributed by atoms with Gasteiger partial charge in [0.2, 0.25) is 0 Å². The summed E-state index contributed by atoms with van der Waals surface area (Å²) in [6.45, 7) is 2.28. The third kappa shape index (κ3) is 3.72. The van der Waals surface area contributed by atoms with Crippen molar-refractivity contribution in [3.05, 3.63) is 30.1 Å². The highest BCUT2D eigenvalue weighted by Crippen LogP contribution is 2.27. The molecule has 2 unspecified atom stereocenters. The SMILES string of the molecule is CCC1CCCC(Nc2cccc(F)c2)CC1. The zero-order chi connectivity index (χ0) is 12.1. The number of hydrogen-bond acceptors (Lipinski definition) is 1. The Kier molecular flexibility index (Phi) is 4.41. The first-order valence-corrected chi connectivity index (χ1v) is 6.80. The summed E-state index contributed by atoms with van der Waals surface area (Å²) in [7, 11) is 0. The largest absolute Gasteiger partial charge is 0.382 e. The molecule has 0 aliphatic heterocycles. The van der Waals surface area contributed by atoms with Gasteiger partial charge in [-0.1, -0.05) is 32.3 Å². The van der Waals surface area contributed by atoms with Crippen LogP contribution in [0, 0.1) is 11.7 Å². The Bertz CT molecular complexity index is 351. The van der Waals surface area contributed by atoms with Crippen LogP contribution in [0.25, 0.3) is 0 Å². The summed E-state index contributed by atoms with van der Waals surface area (Å²) in [5, 5.41) is 3.47. The smallest absolute Gasteiger partial charge is 0.125 e. The minimum absolute atomic E-state index is 0.157. The normalized spacial score (nSPS) is 25.3. The molecule has 2 atom stereocenters. The van der Waals surface area contributed by atoms with Crippen molar-refractivity contribution in [3.63, 3.8) is 0 Å². The fourth-order valence-corrected chi connectivity index (χ4v) is 2.75. The van der Waals surface area contributed by atoms with Crippen LogP contribution in [0.2, 0.25) is 0 Å². The Morgan fingerprint density at radius 3 is 2.88 bits per heavy atom. The minimum atomic E-state index is -0.157. The van der Waals surface area contributed by atoms with E-state index < -0.39 is 0 Å². The number of benzene rings is 1. The molecule has 94 valence electrons. The molecule has 1 saturated carbocycles. The third-order valence-corrected chi connectivity index (χ3v) is 3.86. The molecule has 1 fully saturated rings. The molecule has 0 heterocycles. The van der Waals surface area contributed by atoms with Gasteiger partial charge in [0.05, 0.1) is 0 Å². The molecule has 0 radical (unpaired) electrons. The number of hydrogen-bond donors (Lipinski definition) is 1. The van der Waals surface area contributed by atoms with Gasteiger partial charge in [0, 0.05) is 11.7 Å². The van der Waals surface area contributed by atoms with Gasteiger partial charge in [0.1, 0.15) is 5.82 Å². The van der Waals surface area contributed by atoms with E-state index in [4.69, 9.17) is 0 Å². The molecule has 1 aliphatic carbocycles. The Balaban J connectivity index is 1.90. The van der Waals surface area contributed by atoms with Crippen LogP contribution in [-0.2, 0) is 0 Å². The second-order valence-electron chi connectivity index (χ2n) is 5.13. The molecule has 0 spiro atoms. The van der Waals surface area contributed by atoms with Crippen LogP contribution >= 0.6 is 0 Å². The van der Waals surface area contributed by atoms with Crippen molar-refractivity contribution >= 4 is 5.69 Å². The summed E-state index contributed by atoms with van der Waals surface area (Å²) in [4.78, 5) is 0. The van der Waals surface area contributed by atoms with Crippen LogP contribution in [0.4, 0.5) is 10.1 Å². The molecule has 1 aromatic rings. The second-order valence-corrected chi connectivity index (χ2v) is 5.13. The lowest BCUT2D eigenvalue weighted by atomic mass is 9.98. The van der Waals surface area contributed by atoms with E-state index >= 15 is 0 Å². The highest BCUT2D eigenvalue weighted by molar-refractivity contribution is 5.43.